The number of hydrogen-bond acceptors (Lipinski definition) is 2. The molecule has 0 radical (unpaired) electrons. The third-order valence-electron chi connectivity index (χ3n) is 2.69. The van der Waals surface area contributed by atoms with Gasteiger partial charge in [-0.1, -0.05) is 37.6 Å². The number of hydrogen-bond donors (Lipinski definition) is 0. The maximum atomic E-state index is 11.8. The fraction of sp³-hybridized carbons (Fsp3) is 0.500. The minimum Gasteiger partial charge on any atom is -0.381 e. The highest BCUT2D eigenvalue weighted by molar-refractivity contribution is 5.96. The Kier molecular flexibility index (Phi) is 5.20. The number of benzene rings is 1. The van der Waals surface area contributed by atoms with E-state index in [0.717, 1.165) is 18.4 Å². The molecule has 1 rings (SSSR count). The first-order chi connectivity index (χ1) is 7.67. The van der Waals surface area contributed by atoms with Crippen LogP contribution in [0, 0.1) is 0 Å². The molecule has 0 N–H and O–H groups in total. The van der Waals surface area contributed by atoms with E-state index < -0.39 is 0 Å². The van der Waals surface area contributed by atoms with Gasteiger partial charge in [-0.25, -0.2) is 0 Å². The van der Waals surface area contributed by atoms with E-state index in [4.69, 9.17) is 4.74 Å². The second-order valence-corrected chi connectivity index (χ2v) is 4.12. The van der Waals surface area contributed by atoms with Crippen LogP contribution in [-0.4, -0.2) is 19.0 Å². The fourth-order valence-corrected chi connectivity index (χ4v) is 1.61. The van der Waals surface area contributed by atoms with Crippen LogP contribution < -0.4 is 0 Å². The van der Waals surface area contributed by atoms with Crippen molar-refractivity contribution in [1.82, 2.24) is 0 Å². The average Bonchev–Trinajstić information content (AvgIpc) is 2.30. The van der Waals surface area contributed by atoms with E-state index in [1.165, 1.54) is 5.56 Å². The molecule has 0 amide bonds. The van der Waals surface area contributed by atoms with Crippen LogP contribution in [0.15, 0.2) is 24.3 Å². The number of ketones is 1. The summed E-state index contributed by atoms with van der Waals surface area (Å²) in [7, 11) is 1.63. The van der Waals surface area contributed by atoms with Crippen LogP contribution in [0.25, 0.3) is 0 Å². The summed E-state index contributed by atoms with van der Waals surface area (Å²) in [6.45, 7) is 4.06. The topological polar surface area (TPSA) is 26.3 Å². The van der Waals surface area contributed by atoms with E-state index in [9.17, 15) is 4.79 Å². The van der Waals surface area contributed by atoms with Gasteiger partial charge < -0.3 is 4.74 Å². The van der Waals surface area contributed by atoms with Crippen LogP contribution in [-0.2, 0) is 11.2 Å². The molecule has 1 atom stereocenters. The van der Waals surface area contributed by atoms with Gasteiger partial charge in [0.25, 0.3) is 0 Å². The second kappa shape index (κ2) is 6.44. The zero-order valence-corrected chi connectivity index (χ0v) is 10.3. The average molecular weight is 220 g/mol. The lowest BCUT2D eigenvalue weighted by atomic mass is 10.0. The van der Waals surface area contributed by atoms with E-state index in [2.05, 4.69) is 6.92 Å². The van der Waals surface area contributed by atoms with Gasteiger partial charge in [0.1, 0.15) is 0 Å². The first-order valence-electron chi connectivity index (χ1n) is 5.82. The molecule has 0 saturated carbocycles. The molecule has 1 aromatic rings. The molecule has 16 heavy (non-hydrogen) atoms. The minimum absolute atomic E-state index is 0.0113. The van der Waals surface area contributed by atoms with Crippen molar-refractivity contribution >= 4 is 5.78 Å². The molecule has 0 aromatic heterocycles. The normalized spacial score (nSPS) is 12.4. The molecule has 2 heteroatoms. The zero-order valence-electron chi connectivity index (χ0n) is 10.3. The second-order valence-electron chi connectivity index (χ2n) is 4.12. The lowest BCUT2D eigenvalue weighted by Gasteiger charge is -2.08. The fourth-order valence-electron chi connectivity index (χ4n) is 1.61. The highest BCUT2D eigenvalue weighted by Gasteiger charge is 2.10. The summed E-state index contributed by atoms with van der Waals surface area (Å²) in [6, 6.07) is 7.90. The van der Waals surface area contributed by atoms with Gasteiger partial charge in [0, 0.05) is 19.1 Å². The van der Waals surface area contributed by atoms with Crippen molar-refractivity contribution in [2.75, 3.05) is 7.11 Å². The maximum absolute atomic E-state index is 11.8. The minimum atomic E-state index is -0.0113. The maximum Gasteiger partial charge on any atom is 0.165 e. The Balaban J connectivity index is 2.63. The van der Waals surface area contributed by atoms with Crippen molar-refractivity contribution in [2.24, 2.45) is 0 Å². The van der Waals surface area contributed by atoms with Crippen LogP contribution in [0.2, 0.25) is 0 Å². The van der Waals surface area contributed by atoms with E-state index >= 15 is 0 Å². The summed E-state index contributed by atoms with van der Waals surface area (Å²) < 4.78 is 5.08. The summed E-state index contributed by atoms with van der Waals surface area (Å²) in [5.74, 6) is 0.150. The third kappa shape index (κ3) is 3.78. The van der Waals surface area contributed by atoms with Gasteiger partial charge in [-0.15, -0.1) is 0 Å². The summed E-state index contributed by atoms with van der Waals surface area (Å²) in [5.41, 5.74) is 2.07. The number of Topliss-reactive ketones (excluding diaryl/α,β-unsaturated/α-hetero) is 1. The Morgan fingerprint density at radius 1 is 1.31 bits per heavy atom. The quantitative estimate of drug-likeness (QED) is 0.688. The largest absolute Gasteiger partial charge is 0.381 e. The monoisotopic (exact) mass is 220 g/mol. The number of rotatable bonds is 6. The molecule has 0 spiro atoms. The van der Waals surface area contributed by atoms with Crippen LogP contribution >= 0.6 is 0 Å². The van der Waals surface area contributed by atoms with Gasteiger partial charge in [0.05, 0.1) is 6.10 Å². The van der Waals surface area contributed by atoms with Gasteiger partial charge >= 0.3 is 0 Å². The van der Waals surface area contributed by atoms with E-state index in [1.54, 1.807) is 7.11 Å². The molecule has 2 nitrogen and oxygen atoms in total. The van der Waals surface area contributed by atoms with Gasteiger partial charge in [-0.3, -0.25) is 4.79 Å². The van der Waals surface area contributed by atoms with Gasteiger partial charge in [0.15, 0.2) is 5.78 Å². The lowest BCUT2D eigenvalue weighted by molar-refractivity contribution is 0.0792. The SMILES string of the molecule is CCCc1ccc(C(=O)CC(C)OC)cc1. The van der Waals surface area contributed by atoms with Crippen LogP contribution in [0.1, 0.15) is 42.6 Å². The summed E-state index contributed by atoms with van der Waals surface area (Å²) in [5, 5.41) is 0. The number of carbonyl (C=O) groups excluding carboxylic acids is 1. The van der Waals surface area contributed by atoms with Gasteiger partial charge in [0.2, 0.25) is 0 Å². The van der Waals surface area contributed by atoms with E-state index in [1.807, 2.05) is 31.2 Å². The Labute approximate surface area is 97.6 Å². The highest BCUT2D eigenvalue weighted by Crippen LogP contribution is 2.10. The molecule has 0 heterocycles. The molecule has 0 aliphatic heterocycles. The molecule has 0 bridgehead atoms. The molecule has 1 aromatic carbocycles. The van der Waals surface area contributed by atoms with Crippen LogP contribution in [0.3, 0.4) is 0 Å². The summed E-state index contributed by atoms with van der Waals surface area (Å²) in [6.07, 6.45) is 2.64. The molecular formula is C14H20O2. The highest BCUT2D eigenvalue weighted by atomic mass is 16.5. The molecule has 88 valence electrons. The van der Waals surface area contributed by atoms with Crippen molar-refractivity contribution in [2.45, 2.75) is 39.2 Å². The van der Waals surface area contributed by atoms with Gasteiger partial charge in [-0.05, 0) is 18.9 Å². The molecule has 0 aliphatic rings. The Morgan fingerprint density at radius 2 is 1.94 bits per heavy atom. The van der Waals surface area contributed by atoms with Gasteiger partial charge in [-0.2, -0.15) is 0 Å². The van der Waals surface area contributed by atoms with Crippen molar-refractivity contribution in [1.29, 1.82) is 0 Å². The zero-order chi connectivity index (χ0) is 12.0. The van der Waals surface area contributed by atoms with Crippen molar-refractivity contribution < 1.29 is 9.53 Å². The third-order valence-corrected chi connectivity index (χ3v) is 2.69. The number of aryl methyl sites for hydroxylation is 1. The number of ether oxygens (including phenoxy) is 1. The predicted octanol–water partition coefficient (Wildman–Crippen LogP) is 3.25. The predicted molar refractivity (Wildman–Crippen MR) is 65.9 cm³/mol. The van der Waals surface area contributed by atoms with Crippen molar-refractivity contribution in [3.63, 3.8) is 0 Å². The summed E-state index contributed by atoms with van der Waals surface area (Å²) in [4.78, 5) is 11.8. The van der Waals surface area contributed by atoms with E-state index in [0.29, 0.717) is 6.42 Å². The Morgan fingerprint density at radius 3 is 2.44 bits per heavy atom. The molecule has 0 saturated heterocycles. The van der Waals surface area contributed by atoms with Crippen LogP contribution in [0.4, 0.5) is 0 Å². The lowest BCUT2D eigenvalue weighted by Crippen LogP contribution is -2.12. The van der Waals surface area contributed by atoms with Crippen molar-refractivity contribution in [3.05, 3.63) is 35.4 Å². The molecular weight excluding hydrogens is 200 g/mol. The van der Waals surface area contributed by atoms with Crippen molar-refractivity contribution in [3.8, 4) is 0 Å². The molecule has 1 unspecified atom stereocenters. The standard InChI is InChI=1S/C14H20O2/c1-4-5-12-6-8-13(9-7-12)14(15)10-11(2)16-3/h6-9,11H,4-5,10H2,1-3H3. The molecule has 0 aliphatic carbocycles. The first kappa shape index (κ1) is 12.9. The van der Waals surface area contributed by atoms with Crippen LogP contribution in [0.5, 0.6) is 0 Å². The summed E-state index contributed by atoms with van der Waals surface area (Å²) >= 11 is 0. The molecule has 0 fully saturated rings. The number of methoxy groups -OCH3 is 1. The van der Waals surface area contributed by atoms with E-state index in [-0.39, 0.29) is 11.9 Å². The first-order valence-corrected chi connectivity index (χ1v) is 5.82. The smallest absolute Gasteiger partial charge is 0.165 e. The number of carbonyl (C=O) groups is 1. The Hall–Kier alpha value is -1.15. The Bertz CT molecular complexity index is 327.